The second-order valence-corrected chi connectivity index (χ2v) is 3.94. The highest BCUT2D eigenvalue weighted by Crippen LogP contribution is 2.19. The van der Waals surface area contributed by atoms with Gasteiger partial charge >= 0.3 is 5.97 Å². The van der Waals surface area contributed by atoms with E-state index in [1.54, 1.807) is 13.0 Å². The van der Waals surface area contributed by atoms with Gasteiger partial charge in [-0.15, -0.1) is 0 Å². The van der Waals surface area contributed by atoms with Crippen LogP contribution in [-0.2, 0) is 4.79 Å². The highest BCUT2D eigenvalue weighted by Gasteiger charge is 2.04. The first-order valence-electron chi connectivity index (χ1n) is 4.91. The van der Waals surface area contributed by atoms with Crippen LogP contribution in [0.1, 0.15) is 29.2 Å². The Balaban J connectivity index is 3.27. The molecule has 0 atom stereocenters. The van der Waals surface area contributed by atoms with Crippen LogP contribution in [0, 0.1) is 20.8 Å². The van der Waals surface area contributed by atoms with Crippen LogP contribution in [0.5, 0.6) is 0 Å². The third-order valence-corrected chi connectivity index (χ3v) is 2.44. The molecule has 0 aliphatic heterocycles. The molecule has 2 nitrogen and oxygen atoms in total. The number of rotatable bonds is 2. The van der Waals surface area contributed by atoms with E-state index in [2.05, 4.69) is 12.1 Å². The third-order valence-electron chi connectivity index (χ3n) is 2.44. The molecule has 0 heterocycles. The minimum atomic E-state index is -0.866. The molecule has 0 saturated heterocycles. The number of aliphatic carboxylic acids is 1. The number of benzene rings is 1. The second-order valence-electron chi connectivity index (χ2n) is 3.94. The Morgan fingerprint density at radius 1 is 1.20 bits per heavy atom. The van der Waals surface area contributed by atoms with Gasteiger partial charge in [-0.25, -0.2) is 4.79 Å². The Morgan fingerprint density at radius 3 is 2.07 bits per heavy atom. The third kappa shape index (κ3) is 2.69. The van der Waals surface area contributed by atoms with Gasteiger partial charge in [-0.05, 0) is 50.5 Å². The van der Waals surface area contributed by atoms with E-state index in [0.29, 0.717) is 5.57 Å². The van der Waals surface area contributed by atoms with Crippen LogP contribution < -0.4 is 0 Å². The van der Waals surface area contributed by atoms with Crippen LogP contribution in [0.2, 0.25) is 0 Å². The van der Waals surface area contributed by atoms with Gasteiger partial charge in [-0.1, -0.05) is 17.7 Å². The van der Waals surface area contributed by atoms with Crippen LogP contribution >= 0.6 is 0 Å². The van der Waals surface area contributed by atoms with E-state index in [4.69, 9.17) is 5.11 Å². The molecule has 0 saturated carbocycles. The van der Waals surface area contributed by atoms with Crippen molar-refractivity contribution in [3.63, 3.8) is 0 Å². The molecule has 0 unspecified atom stereocenters. The first-order chi connectivity index (χ1) is 6.91. The molecule has 0 amide bonds. The van der Waals surface area contributed by atoms with Gasteiger partial charge in [0.15, 0.2) is 0 Å². The van der Waals surface area contributed by atoms with Crippen LogP contribution in [0.15, 0.2) is 17.7 Å². The van der Waals surface area contributed by atoms with Crippen molar-refractivity contribution in [2.75, 3.05) is 0 Å². The molecule has 80 valence electrons. The average molecular weight is 204 g/mol. The first-order valence-corrected chi connectivity index (χ1v) is 4.91. The zero-order valence-corrected chi connectivity index (χ0v) is 9.59. The summed E-state index contributed by atoms with van der Waals surface area (Å²) in [6, 6.07) is 4.13. The normalized spacial score (nSPS) is 11.6. The predicted molar refractivity (Wildman–Crippen MR) is 61.9 cm³/mol. The van der Waals surface area contributed by atoms with Crippen molar-refractivity contribution in [1.29, 1.82) is 0 Å². The number of hydrogen-bond acceptors (Lipinski definition) is 1. The maximum absolute atomic E-state index is 10.7. The Kier molecular flexibility index (Phi) is 3.30. The summed E-state index contributed by atoms with van der Waals surface area (Å²) in [4.78, 5) is 10.7. The monoisotopic (exact) mass is 204 g/mol. The summed E-state index contributed by atoms with van der Waals surface area (Å²) in [6.07, 6.45) is 1.73. The molecule has 0 aromatic heterocycles. The zero-order valence-electron chi connectivity index (χ0n) is 9.59. The molecule has 1 rings (SSSR count). The van der Waals surface area contributed by atoms with E-state index in [-0.39, 0.29) is 0 Å². The summed E-state index contributed by atoms with van der Waals surface area (Å²) >= 11 is 0. The summed E-state index contributed by atoms with van der Waals surface area (Å²) in [5.74, 6) is -0.866. The van der Waals surface area contributed by atoms with Crippen molar-refractivity contribution in [3.8, 4) is 0 Å². The molecular formula is C13H16O2. The maximum atomic E-state index is 10.7. The smallest absolute Gasteiger partial charge is 0.331 e. The van der Waals surface area contributed by atoms with Crippen LogP contribution in [0.25, 0.3) is 6.08 Å². The molecule has 1 aromatic rings. The second kappa shape index (κ2) is 4.30. The van der Waals surface area contributed by atoms with Gasteiger partial charge in [0.05, 0.1) is 0 Å². The Bertz CT molecular complexity index is 405. The molecule has 2 heteroatoms. The molecule has 0 radical (unpaired) electrons. The van der Waals surface area contributed by atoms with Gasteiger partial charge in [0, 0.05) is 5.57 Å². The predicted octanol–water partition coefficient (Wildman–Crippen LogP) is 3.10. The van der Waals surface area contributed by atoms with E-state index in [0.717, 1.165) is 16.7 Å². The maximum Gasteiger partial charge on any atom is 0.331 e. The van der Waals surface area contributed by atoms with Gasteiger partial charge in [-0.3, -0.25) is 0 Å². The first kappa shape index (κ1) is 11.5. The summed E-state index contributed by atoms with van der Waals surface area (Å²) in [5, 5.41) is 8.81. The van der Waals surface area contributed by atoms with Crippen molar-refractivity contribution in [2.45, 2.75) is 27.7 Å². The van der Waals surface area contributed by atoms with Gasteiger partial charge < -0.3 is 5.11 Å². The lowest BCUT2D eigenvalue weighted by Gasteiger charge is -2.07. The van der Waals surface area contributed by atoms with E-state index in [9.17, 15) is 4.79 Å². The average Bonchev–Trinajstić information content (AvgIpc) is 2.10. The van der Waals surface area contributed by atoms with E-state index in [1.165, 1.54) is 5.56 Å². The standard InChI is InChI=1S/C13H16O2/c1-8-5-9(2)12(10(3)6-8)7-11(4)13(14)15/h5-7H,1-4H3,(H,14,15)/b11-7+. The summed E-state index contributed by atoms with van der Waals surface area (Å²) < 4.78 is 0. The Morgan fingerprint density at radius 2 is 1.67 bits per heavy atom. The topological polar surface area (TPSA) is 37.3 Å². The van der Waals surface area contributed by atoms with Crippen molar-refractivity contribution in [2.24, 2.45) is 0 Å². The number of hydrogen-bond donors (Lipinski definition) is 1. The molecule has 1 N–H and O–H groups in total. The van der Waals surface area contributed by atoms with E-state index >= 15 is 0 Å². The van der Waals surface area contributed by atoms with Crippen molar-refractivity contribution in [3.05, 3.63) is 40.0 Å². The SMILES string of the molecule is C/C(=C\c1c(C)cc(C)cc1C)C(=O)O. The summed E-state index contributed by atoms with van der Waals surface area (Å²) in [6.45, 7) is 7.65. The van der Waals surface area contributed by atoms with Crippen molar-refractivity contribution >= 4 is 12.0 Å². The van der Waals surface area contributed by atoms with Crippen LogP contribution in [0.4, 0.5) is 0 Å². The fourth-order valence-electron chi connectivity index (χ4n) is 1.70. The molecule has 0 aliphatic rings. The minimum absolute atomic E-state index is 0.366. The lowest BCUT2D eigenvalue weighted by atomic mass is 9.98. The Hall–Kier alpha value is -1.57. The quantitative estimate of drug-likeness (QED) is 0.751. The molecule has 0 bridgehead atoms. The molecule has 1 aromatic carbocycles. The lowest BCUT2D eigenvalue weighted by Crippen LogP contribution is -1.97. The van der Waals surface area contributed by atoms with E-state index < -0.39 is 5.97 Å². The minimum Gasteiger partial charge on any atom is -0.478 e. The number of aryl methyl sites for hydroxylation is 3. The summed E-state index contributed by atoms with van der Waals surface area (Å²) in [7, 11) is 0. The van der Waals surface area contributed by atoms with Gasteiger partial charge in [-0.2, -0.15) is 0 Å². The number of carboxylic acids is 1. The molecule has 0 aliphatic carbocycles. The van der Waals surface area contributed by atoms with Gasteiger partial charge in [0.2, 0.25) is 0 Å². The van der Waals surface area contributed by atoms with Crippen molar-refractivity contribution in [1.82, 2.24) is 0 Å². The largest absolute Gasteiger partial charge is 0.478 e. The van der Waals surface area contributed by atoms with Gasteiger partial charge in [0.25, 0.3) is 0 Å². The Labute approximate surface area is 90.3 Å². The molecule has 0 spiro atoms. The molecular weight excluding hydrogens is 188 g/mol. The zero-order chi connectivity index (χ0) is 11.6. The number of carbonyl (C=O) groups is 1. The van der Waals surface area contributed by atoms with E-state index in [1.807, 2.05) is 20.8 Å². The fraction of sp³-hybridized carbons (Fsp3) is 0.308. The lowest BCUT2D eigenvalue weighted by molar-refractivity contribution is -0.132. The van der Waals surface area contributed by atoms with Crippen LogP contribution in [-0.4, -0.2) is 11.1 Å². The summed E-state index contributed by atoms with van der Waals surface area (Å²) in [5.41, 5.74) is 4.82. The fourth-order valence-corrected chi connectivity index (χ4v) is 1.70. The van der Waals surface area contributed by atoms with Crippen LogP contribution in [0.3, 0.4) is 0 Å². The van der Waals surface area contributed by atoms with Gasteiger partial charge in [0.1, 0.15) is 0 Å². The molecule has 15 heavy (non-hydrogen) atoms. The van der Waals surface area contributed by atoms with Crippen molar-refractivity contribution < 1.29 is 9.90 Å². The molecule has 0 fully saturated rings. The number of carboxylic acid groups (broad SMARTS) is 1. The highest BCUT2D eigenvalue weighted by molar-refractivity contribution is 5.91. The highest BCUT2D eigenvalue weighted by atomic mass is 16.4.